The lowest BCUT2D eigenvalue weighted by Crippen LogP contribution is -2.45. The van der Waals surface area contributed by atoms with Gasteiger partial charge in [0.15, 0.2) is 0 Å². The Morgan fingerprint density at radius 2 is 1.78 bits per heavy atom. The van der Waals surface area contributed by atoms with E-state index in [1.165, 1.54) is 4.90 Å². The Balaban J connectivity index is 1.57. The van der Waals surface area contributed by atoms with E-state index in [1.807, 2.05) is 13.8 Å². The monoisotopic (exact) mass is 460 g/mol. The van der Waals surface area contributed by atoms with Crippen molar-refractivity contribution >= 4 is 29.4 Å². The van der Waals surface area contributed by atoms with Crippen LogP contribution in [0, 0.1) is 19.8 Å². The Bertz CT molecular complexity index is 994. The van der Waals surface area contributed by atoms with E-state index >= 15 is 0 Å². The normalized spacial score (nSPS) is 14.3. The minimum absolute atomic E-state index is 0.0161. The maximum absolute atomic E-state index is 12.8. The van der Waals surface area contributed by atoms with Gasteiger partial charge < -0.3 is 14.5 Å². The standard InChI is InChI=1S/C23H29ClN4O4/c1-5-32-23(31)18-10-12-27(13-11-18)20(29)14-26(4)22(30)17-6-8-19(9-7-17)28-16(3)21(24)15(2)25-28/h6-9,18H,5,10-14H2,1-4H3. The van der Waals surface area contributed by atoms with Gasteiger partial charge >= 0.3 is 5.97 Å². The summed E-state index contributed by atoms with van der Waals surface area (Å²) in [5.74, 6) is -0.721. The lowest BCUT2D eigenvalue weighted by Gasteiger charge is -2.32. The molecule has 172 valence electrons. The Labute approximate surface area is 193 Å². The van der Waals surface area contributed by atoms with E-state index in [-0.39, 0.29) is 30.2 Å². The molecule has 0 atom stereocenters. The average Bonchev–Trinajstić information content (AvgIpc) is 3.06. The molecule has 8 nitrogen and oxygen atoms in total. The van der Waals surface area contributed by atoms with Crippen LogP contribution in [0.4, 0.5) is 0 Å². The van der Waals surface area contributed by atoms with Crippen molar-refractivity contribution in [2.45, 2.75) is 33.6 Å². The molecule has 0 N–H and O–H groups in total. The zero-order chi connectivity index (χ0) is 23.4. The Morgan fingerprint density at radius 3 is 2.31 bits per heavy atom. The Morgan fingerprint density at radius 1 is 1.16 bits per heavy atom. The molecular formula is C23H29ClN4O4. The Hall–Kier alpha value is -2.87. The van der Waals surface area contributed by atoms with E-state index < -0.39 is 0 Å². The molecule has 1 aliphatic rings. The molecule has 1 aromatic heterocycles. The second kappa shape index (κ2) is 10.2. The molecule has 0 radical (unpaired) electrons. The van der Waals surface area contributed by atoms with Gasteiger partial charge in [-0.3, -0.25) is 14.4 Å². The van der Waals surface area contributed by atoms with Crippen LogP contribution in [0.2, 0.25) is 5.02 Å². The molecule has 0 aliphatic carbocycles. The quantitative estimate of drug-likeness (QED) is 0.618. The van der Waals surface area contributed by atoms with Crippen LogP contribution in [0.25, 0.3) is 5.69 Å². The fraction of sp³-hybridized carbons (Fsp3) is 0.478. The molecule has 1 aliphatic heterocycles. The van der Waals surface area contributed by atoms with E-state index in [9.17, 15) is 14.4 Å². The van der Waals surface area contributed by atoms with Crippen molar-refractivity contribution in [3.63, 3.8) is 0 Å². The van der Waals surface area contributed by atoms with E-state index in [2.05, 4.69) is 5.10 Å². The number of aromatic nitrogens is 2. The molecule has 1 fully saturated rings. The number of likely N-dealkylation sites (tertiary alicyclic amines) is 1. The molecule has 0 saturated carbocycles. The highest BCUT2D eigenvalue weighted by Gasteiger charge is 2.29. The summed E-state index contributed by atoms with van der Waals surface area (Å²) in [4.78, 5) is 40.4. The van der Waals surface area contributed by atoms with Crippen molar-refractivity contribution in [2.24, 2.45) is 5.92 Å². The van der Waals surface area contributed by atoms with E-state index in [0.29, 0.717) is 43.1 Å². The van der Waals surface area contributed by atoms with Crippen molar-refractivity contribution in [3.8, 4) is 5.69 Å². The van der Waals surface area contributed by atoms with Crippen molar-refractivity contribution < 1.29 is 19.1 Å². The predicted octanol–water partition coefficient (Wildman–Crippen LogP) is 3.02. The molecule has 1 aromatic carbocycles. The summed E-state index contributed by atoms with van der Waals surface area (Å²) in [7, 11) is 1.61. The summed E-state index contributed by atoms with van der Waals surface area (Å²) in [6.45, 7) is 6.84. The summed E-state index contributed by atoms with van der Waals surface area (Å²) < 4.78 is 6.80. The first-order valence-electron chi connectivity index (χ1n) is 10.7. The minimum Gasteiger partial charge on any atom is -0.466 e. The first kappa shape index (κ1) is 23.8. The van der Waals surface area contributed by atoms with Gasteiger partial charge in [-0.25, -0.2) is 4.68 Å². The molecular weight excluding hydrogens is 432 g/mol. The molecule has 2 amide bonds. The van der Waals surface area contributed by atoms with E-state index in [0.717, 1.165) is 17.1 Å². The number of rotatable bonds is 6. The number of carbonyl (C=O) groups is 3. The lowest BCUT2D eigenvalue weighted by atomic mass is 9.97. The number of amides is 2. The largest absolute Gasteiger partial charge is 0.466 e. The van der Waals surface area contributed by atoms with E-state index in [4.69, 9.17) is 16.3 Å². The van der Waals surface area contributed by atoms with Crippen molar-refractivity contribution in [1.82, 2.24) is 19.6 Å². The van der Waals surface area contributed by atoms with Crippen molar-refractivity contribution in [2.75, 3.05) is 33.3 Å². The maximum Gasteiger partial charge on any atom is 0.309 e. The molecule has 9 heteroatoms. The van der Waals surface area contributed by atoms with Crippen LogP contribution in [0.15, 0.2) is 24.3 Å². The molecule has 0 spiro atoms. The summed E-state index contributed by atoms with van der Waals surface area (Å²) in [6, 6.07) is 7.04. The first-order chi connectivity index (χ1) is 15.2. The smallest absolute Gasteiger partial charge is 0.309 e. The van der Waals surface area contributed by atoms with Crippen LogP contribution in [0.5, 0.6) is 0 Å². The van der Waals surface area contributed by atoms with E-state index in [1.54, 1.807) is 47.8 Å². The molecule has 2 heterocycles. The zero-order valence-corrected chi connectivity index (χ0v) is 19.7. The number of ether oxygens (including phenoxy) is 1. The number of likely N-dealkylation sites (N-methyl/N-ethyl adjacent to an activating group) is 1. The number of aryl methyl sites for hydroxylation is 1. The first-order valence-corrected chi connectivity index (χ1v) is 11.1. The van der Waals surface area contributed by atoms with Gasteiger partial charge in [-0.15, -0.1) is 0 Å². The fourth-order valence-corrected chi connectivity index (χ4v) is 3.96. The number of nitrogens with zero attached hydrogens (tertiary/aromatic N) is 4. The molecule has 32 heavy (non-hydrogen) atoms. The van der Waals surface area contributed by atoms with Gasteiger partial charge in [-0.1, -0.05) is 11.6 Å². The number of hydrogen-bond donors (Lipinski definition) is 0. The molecule has 0 unspecified atom stereocenters. The number of hydrogen-bond acceptors (Lipinski definition) is 5. The Kier molecular flexibility index (Phi) is 7.56. The van der Waals surface area contributed by atoms with Gasteiger partial charge in [0.2, 0.25) is 5.91 Å². The number of carbonyl (C=O) groups excluding carboxylic acids is 3. The SMILES string of the molecule is CCOC(=O)C1CCN(C(=O)CN(C)C(=O)c2ccc(-n3nc(C)c(Cl)c3C)cc2)CC1. The predicted molar refractivity (Wildman–Crippen MR) is 121 cm³/mol. The third-order valence-electron chi connectivity index (χ3n) is 5.75. The third-order valence-corrected chi connectivity index (χ3v) is 6.30. The fourth-order valence-electron chi connectivity index (χ4n) is 3.84. The lowest BCUT2D eigenvalue weighted by molar-refractivity contribution is -0.151. The van der Waals surface area contributed by atoms with Crippen LogP contribution in [0.1, 0.15) is 41.5 Å². The maximum atomic E-state index is 12.8. The highest BCUT2D eigenvalue weighted by atomic mass is 35.5. The summed E-state index contributed by atoms with van der Waals surface area (Å²) in [6.07, 6.45) is 1.17. The molecule has 0 bridgehead atoms. The highest BCUT2D eigenvalue weighted by Crippen LogP contribution is 2.23. The number of benzene rings is 1. The zero-order valence-electron chi connectivity index (χ0n) is 18.9. The van der Waals surface area contributed by atoms with Gasteiger partial charge in [0.05, 0.1) is 41.2 Å². The average molecular weight is 461 g/mol. The number of esters is 1. The number of halogens is 1. The molecule has 1 saturated heterocycles. The van der Waals surface area contributed by atoms with Gasteiger partial charge in [0.1, 0.15) is 0 Å². The highest BCUT2D eigenvalue weighted by molar-refractivity contribution is 6.31. The van der Waals surface area contributed by atoms with Gasteiger partial charge in [0.25, 0.3) is 5.91 Å². The molecule has 2 aromatic rings. The van der Waals surface area contributed by atoms with Crippen LogP contribution in [0.3, 0.4) is 0 Å². The summed E-state index contributed by atoms with van der Waals surface area (Å²) >= 11 is 6.22. The summed E-state index contributed by atoms with van der Waals surface area (Å²) in [5, 5.41) is 5.04. The third kappa shape index (κ3) is 5.12. The van der Waals surface area contributed by atoms with Crippen LogP contribution < -0.4 is 0 Å². The topological polar surface area (TPSA) is 84.7 Å². The van der Waals surface area contributed by atoms with Crippen molar-refractivity contribution in [3.05, 3.63) is 46.2 Å². The van der Waals surface area contributed by atoms with Gasteiger partial charge in [-0.05, 0) is 57.9 Å². The van der Waals surface area contributed by atoms with Crippen LogP contribution in [-0.2, 0) is 14.3 Å². The molecule has 3 rings (SSSR count). The van der Waals surface area contributed by atoms with Gasteiger partial charge in [-0.2, -0.15) is 5.10 Å². The van der Waals surface area contributed by atoms with Gasteiger partial charge in [0, 0.05) is 25.7 Å². The number of piperidine rings is 1. The summed E-state index contributed by atoms with van der Waals surface area (Å²) in [5.41, 5.74) is 2.86. The van der Waals surface area contributed by atoms with Crippen LogP contribution >= 0.6 is 11.6 Å². The van der Waals surface area contributed by atoms with Crippen molar-refractivity contribution in [1.29, 1.82) is 0 Å². The minimum atomic E-state index is -0.238. The van der Waals surface area contributed by atoms with Crippen LogP contribution in [-0.4, -0.2) is 70.7 Å². The second-order valence-corrected chi connectivity index (χ2v) is 8.39. The second-order valence-electron chi connectivity index (χ2n) is 8.01.